The third kappa shape index (κ3) is 11.1. The first-order valence-electron chi connectivity index (χ1n) is 21.8. The molecule has 5 aromatic carbocycles. The van der Waals surface area contributed by atoms with E-state index >= 15 is 0 Å². The minimum atomic E-state index is -0.520. The van der Waals surface area contributed by atoms with Crippen molar-refractivity contribution >= 4 is 66.8 Å². The van der Waals surface area contributed by atoms with E-state index in [0.717, 1.165) is 16.7 Å². The standard InChI is InChI=1S/C48H59NO16/c1-28-22-32-31(6-5-10-60-18-20-64-36(54)7-11-61-16-14-57-2)46(49-9-13-63-19-21-65-37(55)8-12-62-17-15-58-3)42-34(52)24-29(26-50)38-39-30(27-51)25-35(53)43-45(39)41(40(32)44(38)42)33(23-28)48(59-4)47(43)56/h22,24-25,49-51,56H,5-21,23,26-27H2,1-4H3. The molecule has 1 aliphatic carbocycles. The summed E-state index contributed by atoms with van der Waals surface area (Å²) in [4.78, 5) is 52.7. The molecule has 1 aliphatic rings. The summed E-state index contributed by atoms with van der Waals surface area (Å²) in [5, 5.41) is 40.4. The number of methoxy groups -OCH3 is 3. The smallest absolute Gasteiger partial charge is 0.308 e. The number of anilines is 1. The largest absolute Gasteiger partial charge is 0.504 e. The topological polar surface area (TPSA) is 224 Å². The molecule has 6 rings (SSSR count). The average Bonchev–Trinajstić information content (AvgIpc) is 3.44. The van der Waals surface area contributed by atoms with Crippen LogP contribution >= 0.6 is 0 Å². The second-order valence-corrected chi connectivity index (χ2v) is 15.6. The third-order valence-corrected chi connectivity index (χ3v) is 11.3. The molecule has 65 heavy (non-hydrogen) atoms. The number of aliphatic hydroxyl groups excluding tert-OH is 2. The van der Waals surface area contributed by atoms with Crippen LogP contribution in [0, 0.1) is 0 Å². The fourth-order valence-electron chi connectivity index (χ4n) is 8.61. The first kappa shape index (κ1) is 49.2. The van der Waals surface area contributed by atoms with E-state index in [4.69, 9.17) is 42.6 Å². The molecule has 0 radical (unpaired) electrons. The van der Waals surface area contributed by atoms with Gasteiger partial charge in [-0.3, -0.25) is 19.2 Å². The minimum absolute atomic E-state index is 0.0156. The fraction of sp³-hybridized carbons (Fsp3) is 0.500. The molecule has 0 bridgehead atoms. The SMILES string of the molecule is COCCOCCC(=O)OCCOCCCc1c(NCCOCCOC(=O)CCOCCOC)c2c(=O)cc(CO)c3c4c(CO)cc(=O)c5c(O)c(OC)c6c(c(c1C=C(C)C6)c23)c54. The van der Waals surface area contributed by atoms with E-state index in [-0.39, 0.29) is 100 Å². The summed E-state index contributed by atoms with van der Waals surface area (Å²) in [7, 11) is 4.57. The van der Waals surface area contributed by atoms with Gasteiger partial charge in [0.1, 0.15) is 13.2 Å². The van der Waals surface area contributed by atoms with Crippen molar-refractivity contribution in [3.63, 3.8) is 0 Å². The van der Waals surface area contributed by atoms with E-state index < -0.39 is 30.6 Å². The summed E-state index contributed by atoms with van der Waals surface area (Å²) in [5.41, 5.74) is 3.35. The molecule has 0 unspecified atom stereocenters. The molecule has 0 amide bonds. The first-order valence-corrected chi connectivity index (χ1v) is 21.8. The van der Waals surface area contributed by atoms with Crippen LogP contribution < -0.4 is 20.9 Å². The van der Waals surface area contributed by atoms with Gasteiger partial charge in [0.25, 0.3) is 0 Å². The fourth-order valence-corrected chi connectivity index (χ4v) is 8.61. The Balaban J connectivity index is 1.36. The predicted molar refractivity (Wildman–Crippen MR) is 244 cm³/mol. The molecule has 17 nitrogen and oxygen atoms in total. The Morgan fingerprint density at radius 1 is 0.631 bits per heavy atom. The predicted octanol–water partition coefficient (Wildman–Crippen LogP) is 4.12. The number of hydrogen-bond donors (Lipinski definition) is 4. The summed E-state index contributed by atoms with van der Waals surface area (Å²) in [6.45, 7) is 4.12. The van der Waals surface area contributed by atoms with Gasteiger partial charge in [0, 0.05) is 49.4 Å². The quantitative estimate of drug-likeness (QED) is 0.0229. The Morgan fingerprint density at radius 2 is 1.17 bits per heavy atom. The zero-order chi connectivity index (χ0) is 46.5. The number of hydrogen-bond acceptors (Lipinski definition) is 17. The van der Waals surface area contributed by atoms with Crippen molar-refractivity contribution in [3.8, 4) is 11.5 Å². The molecule has 0 saturated heterocycles. The number of aromatic hydroxyl groups is 1. The Hall–Kier alpha value is -5.24. The average molecular weight is 906 g/mol. The van der Waals surface area contributed by atoms with E-state index in [1.165, 1.54) is 19.2 Å². The highest BCUT2D eigenvalue weighted by Gasteiger charge is 2.32. The molecular formula is C48H59NO16. The lowest BCUT2D eigenvalue weighted by Crippen LogP contribution is -2.18. The first-order chi connectivity index (χ1) is 31.6. The number of ether oxygens (including phenoxy) is 9. The Labute approximate surface area is 375 Å². The van der Waals surface area contributed by atoms with E-state index in [9.17, 15) is 34.5 Å². The number of carbonyl (C=O) groups excluding carboxylic acids is 2. The molecule has 0 aliphatic heterocycles. The maximum atomic E-state index is 14.6. The van der Waals surface area contributed by atoms with Crippen molar-refractivity contribution in [1.29, 1.82) is 0 Å². The zero-order valence-electron chi connectivity index (χ0n) is 37.5. The molecule has 0 spiro atoms. The highest BCUT2D eigenvalue weighted by atomic mass is 16.6. The minimum Gasteiger partial charge on any atom is -0.504 e. The molecule has 17 heteroatoms. The lowest BCUT2D eigenvalue weighted by atomic mass is 9.80. The van der Waals surface area contributed by atoms with Crippen molar-refractivity contribution in [2.45, 2.75) is 52.2 Å². The van der Waals surface area contributed by atoms with Crippen molar-refractivity contribution < 1.29 is 67.5 Å². The molecule has 0 saturated carbocycles. The van der Waals surface area contributed by atoms with Gasteiger partial charge in [0.15, 0.2) is 22.4 Å². The van der Waals surface area contributed by atoms with Crippen LogP contribution in [0.25, 0.3) is 49.2 Å². The number of rotatable bonds is 29. The molecule has 352 valence electrons. The Bertz CT molecular complexity index is 2590. The number of esters is 2. The lowest BCUT2D eigenvalue weighted by molar-refractivity contribution is -0.147. The molecule has 0 heterocycles. The van der Waals surface area contributed by atoms with Crippen LogP contribution in [0.2, 0.25) is 0 Å². The number of phenols is 1. The number of phenolic OH excluding ortho intramolecular Hbond substituents is 1. The Morgan fingerprint density at radius 3 is 1.74 bits per heavy atom. The van der Waals surface area contributed by atoms with Crippen LogP contribution in [0.3, 0.4) is 0 Å². The number of benzene rings is 5. The van der Waals surface area contributed by atoms with Gasteiger partial charge in [-0.1, -0.05) is 11.6 Å². The number of aliphatic hydroxyl groups is 2. The summed E-state index contributed by atoms with van der Waals surface area (Å²) in [6.07, 6.45) is 3.49. The van der Waals surface area contributed by atoms with Crippen LogP contribution in [0.5, 0.6) is 11.5 Å². The summed E-state index contributed by atoms with van der Waals surface area (Å²) < 4.78 is 48.7. The number of nitrogens with one attached hydrogen (secondary N) is 1. The van der Waals surface area contributed by atoms with Gasteiger partial charge in [0.2, 0.25) is 0 Å². The molecular weight excluding hydrogens is 847 g/mol. The second kappa shape index (κ2) is 23.8. The summed E-state index contributed by atoms with van der Waals surface area (Å²) in [6, 6.07) is 2.67. The molecule has 0 aromatic heterocycles. The molecule has 4 N–H and O–H groups in total. The van der Waals surface area contributed by atoms with Crippen molar-refractivity contribution in [3.05, 3.63) is 66.0 Å². The van der Waals surface area contributed by atoms with Gasteiger partial charge >= 0.3 is 11.9 Å². The van der Waals surface area contributed by atoms with E-state index in [1.54, 1.807) is 14.2 Å². The highest BCUT2D eigenvalue weighted by Crippen LogP contribution is 2.53. The Kier molecular flexibility index (Phi) is 18.0. The van der Waals surface area contributed by atoms with Gasteiger partial charge in [-0.05, 0) is 82.1 Å². The van der Waals surface area contributed by atoms with E-state index in [0.29, 0.717) is 100 Å². The van der Waals surface area contributed by atoms with Crippen LogP contribution in [0.1, 0.15) is 54.0 Å². The molecule has 0 atom stereocenters. The normalized spacial score (nSPS) is 12.5. The zero-order valence-corrected chi connectivity index (χ0v) is 37.5. The van der Waals surface area contributed by atoms with Crippen molar-refractivity contribution in [2.75, 3.05) is 112 Å². The number of carbonyl (C=O) groups is 2. The van der Waals surface area contributed by atoms with Crippen molar-refractivity contribution in [1.82, 2.24) is 0 Å². The summed E-state index contributed by atoms with van der Waals surface area (Å²) >= 11 is 0. The maximum Gasteiger partial charge on any atom is 0.308 e. The van der Waals surface area contributed by atoms with E-state index in [1.807, 2.05) is 13.0 Å². The maximum absolute atomic E-state index is 14.6. The highest BCUT2D eigenvalue weighted by molar-refractivity contribution is 6.38. The van der Waals surface area contributed by atoms with Crippen LogP contribution in [0.15, 0.2) is 27.3 Å². The van der Waals surface area contributed by atoms with Gasteiger partial charge in [0.05, 0.1) is 103 Å². The number of allylic oxidation sites excluding steroid dienone is 1. The molecule has 0 fully saturated rings. The van der Waals surface area contributed by atoms with Gasteiger partial charge in [-0.2, -0.15) is 0 Å². The third-order valence-electron chi connectivity index (χ3n) is 11.3. The van der Waals surface area contributed by atoms with Crippen LogP contribution in [0.4, 0.5) is 5.69 Å². The van der Waals surface area contributed by atoms with Gasteiger partial charge in [-0.25, -0.2) is 0 Å². The van der Waals surface area contributed by atoms with Crippen molar-refractivity contribution in [2.24, 2.45) is 0 Å². The molecule has 5 aromatic rings. The van der Waals surface area contributed by atoms with E-state index in [2.05, 4.69) is 5.32 Å². The summed E-state index contributed by atoms with van der Waals surface area (Å²) in [5.74, 6) is -0.996. The van der Waals surface area contributed by atoms with Gasteiger partial charge in [-0.15, -0.1) is 0 Å². The van der Waals surface area contributed by atoms with Crippen LogP contribution in [-0.2, 0) is 73.5 Å². The second-order valence-electron chi connectivity index (χ2n) is 15.6. The monoisotopic (exact) mass is 905 g/mol. The lowest BCUT2D eigenvalue weighted by Gasteiger charge is -2.26. The number of fused-ring (bicyclic) bond motifs is 1. The van der Waals surface area contributed by atoms with Crippen LogP contribution in [-0.4, -0.2) is 134 Å². The van der Waals surface area contributed by atoms with Gasteiger partial charge < -0.3 is 63.3 Å².